The van der Waals surface area contributed by atoms with E-state index in [2.05, 4.69) is 52.1 Å². The van der Waals surface area contributed by atoms with Gasteiger partial charge >= 0.3 is 0 Å². The predicted octanol–water partition coefficient (Wildman–Crippen LogP) is 1.61. The Balaban J connectivity index is 1.89. The highest BCUT2D eigenvalue weighted by molar-refractivity contribution is 5.91. The second-order valence-corrected chi connectivity index (χ2v) is 7.47. The van der Waals surface area contributed by atoms with Gasteiger partial charge in [0.25, 0.3) is 5.91 Å². The van der Waals surface area contributed by atoms with Crippen LogP contribution in [0.25, 0.3) is 0 Å². The highest BCUT2D eigenvalue weighted by Crippen LogP contribution is 2.23. The number of rotatable bonds is 3. The highest BCUT2D eigenvalue weighted by Gasteiger charge is 2.27. The molecule has 1 amide bonds. The second-order valence-electron chi connectivity index (χ2n) is 7.47. The molecule has 0 bridgehead atoms. The summed E-state index contributed by atoms with van der Waals surface area (Å²) in [5.41, 5.74) is 2.27. The summed E-state index contributed by atoms with van der Waals surface area (Å²) in [6, 6.07) is 8.14. The highest BCUT2D eigenvalue weighted by atomic mass is 16.5. The molecule has 22 heavy (non-hydrogen) atoms. The zero-order valence-corrected chi connectivity index (χ0v) is 14.4. The van der Waals surface area contributed by atoms with E-state index in [-0.39, 0.29) is 23.5 Å². The fraction of sp³-hybridized carbons (Fsp3) is 0.611. The van der Waals surface area contributed by atoms with Gasteiger partial charge in [0, 0.05) is 5.69 Å². The van der Waals surface area contributed by atoms with Crippen LogP contribution in [-0.2, 0) is 14.9 Å². The van der Waals surface area contributed by atoms with Crippen LogP contribution in [-0.4, -0.2) is 37.7 Å². The molecule has 2 N–H and O–H groups in total. The van der Waals surface area contributed by atoms with Crippen molar-refractivity contribution in [3.05, 3.63) is 29.8 Å². The summed E-state index contributed by atoms with van der Waals surface area (Å²) in [7, 11) is 0. The molecule has 4 nitrogen and oxygen atoms in total. The smallest absolute Gasteiger partial charge is 0.279 e. The van der Waals surface area contributed by atoms with Crippen molar-refractivity contribution in [3.63, 3.8) is 0 Å². The van der Waals surface area contributed by atoms with Gasteiger partial charge in [-0.15, -0.1) is 0 Å². The molecule has 0 radical (unpaired) electrons. The first-order valence-corrected chi connectivity index (χ1v) is 8.13. The number of quaternary nitrogens is 1. The molecule has 0 aromatic heterocycles. The van der Waals surface area contributed by atoms with Crippen molar-refractivity contribution < 1.29 is 14.4 Å². The number of morpholine rings is 1. The first-order valence-electron chi connectivity index (χ1n) is 8.13. The van der Waals surface area contributed by atoms with Gasteiger partial charge in [-0.25, -0.2) is 0 Å². The quantitative estimate of drug-likeness (QED) is 0.891. The van der Waals surface area contributed by atoms with Gasteiger partial charge in [0.15, 0.2) is 6.54 Å². The van der Waals surface area contributed by atoms with Crippen LogP contribution in [0.3, 0.4) is 0 Å². The van der Waals surface area contributed by atoms with E-state index in [1.807, 2.05) is 12.1 Å². The zero-order chi connectivity index (χ0) is 16.3. The van der Waals surface area contributed by atoms with Crippen LogP contribution in [0, 0.1) is 0 Å². The Kier molecular flexibility index (Phi) is 5.24. The van der Waals surface area contributed by atoms with Gasteiger partial charge in [-0.1, -0.05) is 32.9 Å². The third-order valence-electron chi connectivity index (χ3n) is 4.06. The van der Waals surface area contributed by atoms with Gasteiger partial charge in [0.05, 0.1) is 0 Å². The van der Waals surface area contributed by atoms with E-state index < -0.39 is 0 Å². The van der Waals surface area contributed by atoms with E-state index in [1.54, 1.807) is 0 Å². The molecule has 3 atom stereocenters. The van der Waals surface area contributed by atoms with Gasteiger partial charge in [-0.3, -0.25) is 4.79 Å². The minimum absolute atomic E-state index is 0.0693. The third kappa shape index (κ3) is 4.82. The molecule has 0 aliphatic carbocycles. The second kappa shape index (κ2) is 6.80. The predicted molar refractivity (Wildman–Crippen MR) is 89.3 cm³/mol. The molecular formula is C18H29N2O2+. The molecule has 1 saturated heterocycles. The van der Waals surface area contributed by atoms with E-state index in [0.29, 0.717) is 6.54 Å². The standard InChI is InChI=1S/C18H28N2O2/c1-13-10-20(11-14(2)22-13)12-17(21)19-16-8-6-15(7-9-16)18(3,4)5/h6-9,13-14H,10-12H2,1-5H3,(H,19,21)/p+1/t13-,14+. The van der Waals surface area contributed by atoms with Crippen LogP contribution >= 0.6 is 0 Å². The van der Waals surface area contributed by atoms with Crippen molar-refractivity contribution in [1.29, 1.82) is 0 Å². The molecule has 122 valence electrons. The van der Waals surface area contributed by atoms with Crippen molar-refractivity contribution >= 4 is 11.6 Å². The van der Waals surface area contributed by atoms with Crippen molar-refractivity contribution in [1.82, 2.24) is 0 Å². The van der Waals surface area contributed by atoms with Crippen LogP contribution in [0.4, 0.5) is 5.69 Å². The number of nitrogens with one attached hydrogen (secondary N) is 2. The molecule has 0 saturated carbocycles. The lowest BCUT2D eigenvalue weighted by Crippen LogP contribution is -3.16. The summed E-state index contributed by atoms with van der Waals surface area (Å²) in [6.45, 7) is 13.0. The molecule has 2 rings (SSSR count). The van der Waals surface area contributed by atoms with Crippen LogP contribution in [0.15, 0.2) is 24.3 Å². The van der Waals surface area contributed by atoms with Crippen LogP contribution in [0.1, 0.15) is 40.2 Å². The fourth-order valence-corrected chi connectivity index (χ4v) is 3.02. The fourth-order valence-electron chi connectivity index (χ4n) is 3.02. The average Bonchev–Trinajstić information content (AvgIpc) is 2.36. The number of carbonyl (C=O) groups excluding carboxylic acids is 1. The van der Waals surface area contributed by atoms with Gasteiger partial charge in [0.2, 0.25) is 0 Å². The van der Waals surface area contributed by atoms with Gasteiger partial charge in [-0.2, -0.15) is 0 Å². The first-order chi connectivity index (χ1) is 10.2. The number of carbonyl (C=O) groups is 1. The monoisotopic (exact) mass is 305 g/mol. The van der Waals surface area contributed by atoms with Crippen LogP contribution in [0.2, 0.25) is 0 Å². The summed E-state index contributed by atoms with van der Waals surface area (Å²) < 4.78 is 5.71. The number of benzene rings is 1. The molecule has 1 aliphatic heterocycles. The zero-order valence-electron chi connectivity index (χ0n) is 14.4. The van der Waals surface area contributed by atoms with E-state index in [4.69, 9.17) is 4.74 Å². The van der Waals surface area contributed by atoms with E-state index in [9.17, 15) is 4.79 Å². The Morgan fingerprint density at radius 1 is 1.18 bits per heavy atom. The number of amides is 1. The number of anilines is 1. The maximum atomic E-state index is 12.2. The lowest BCUT2D eigenvalue weighted by molar-refractivity contribution is -0.907. The Bertz CT molecular complexity index is 495. The van der Waals surface area contributed by atoms with E-state index >= 15 is 0 Å². The molecule has 1 aliphatic rings. The molecule has 1 fully saturated rings. The normalized spacial score (nSPS) is 25.8. The summed E-state index contributed by atoms with van der Waals surface area (Å²) >= 11 is 0. The van der Waals surface area contributed by atoms with Crippen LogP contribution < -0.4 is 10.2 Å². The Hall–Kier alpha value is -1.39. The largest absolute Gasteiger partial charge is 0.364 e. The Morgan fingerprint density at radius 3 is 2.23 bits per heavy atom. The maximum absolute atomic E-state index is 12.2. The van der Waals surface area contributed by atoms with Gasteiger partial charge in [-0.05, 0) is 37.0 Å². The summed E-state index contributed by atoms with van der Waals surface area (Å²) in [5.74, 6) is 0.0693. The molecule has 1 aromatic rings. The SMILES string of the molecule is C[C@@H]1C[NH+](CC(=O)Nc2ccc(C(C)(C)C)cc2)C[C@H](C)O1. The van der Waals surface area contributed by atoms with Crippen molar-refractivity contribution in [2.45, 2.75) is 52.2 Å². The Morgan fingerprint density at radius 2 is 1.73 bits per heavy atom. The first kappa shape index (κ1) is 17.0. The Labute approximate surface area is 133 Å². The summed E-state index contributed by atoms with van der Waals surface area (Å²) in [4.78, 5) is 13.5. The van der Waals surface area contributed by atoms with E-state index in [0.717, 1.165) is 18.8 Å². The molecular weight excluding hydrogens is 276 g/mol. The number of ether oxygens (including phenoxy) is 1. The maximum Gasteiger partial charge on any atom is 0.279 e. The van der Waals surface area contributed by atoms with Gasteiger partial charge < -0.3 is 15.0 Å². The summed E-state index contributed by atoms with van der Waals surface area (Å²) in [5, 5.41) is 3.00. The molecule has 4 heteroatoms. The molecule has 1 aromatic carbocycles. The molecule has 0 spiro atoms. The average molecular weight is 305 g/mol. The van der Waals surface area contributed by atoms with Crippen molar-refractivity contribution in [2.75, 3.05) is 25.0 Å². The van der Waals surface area contributed by atoms with Crippen LogP contribution in [0.5, 0.6) is 0 Å². The van der Waals surface area contributed by atoms with E-state index in [1.165, 1.54) is 10.5 Å². The minimum atomic E-state index is 0.0693. The number of hydrogen-bond donors (Lipinski definition) is 2. The molecule has 1 unspecified atom stereocenters. The lowest BCUT2D eigenvalue weighted by Gasteiger charge is -2.31. The van der Waals surface area contributed by atoms with Crippen molar-refractivity contribution in [3.8, 4) is 0 Å². The minimum Gasteiger partial charge on any atom is -0.364 e. The van der Waals surface area contributed by atoms with Crippen molar-refractivity contribution in [2.24, 2.45) is 0 Å². The lowest BCUT2D eigenvalue weighted by atomic mass is 9.87. The third-order valence-corrected chi connectivity index (χ3v) is 4.06. The topological polar surface area (TPSA) is 42.8 Å². The van der Waals surface area contributed by atoms with Gasteiger partial charge in [0.1, 0.15) is 25.3 Å². The molecule has 1 heterocycles. The summed E-state index contributed by atoms with van der Waals surface area (Å²) in [6.07, 6.45) is 0.440. The number of hydrogen-bond acceptors (Lipinski definition) is 2.